The highest BCUT2D eigenvalue weighted by Gasteiger charge is 2.57. The third-order valence-corrected chi connectivity index (χ3v) is 6.17. The van der Waals surface area contributed by atoms with Crippen molar-refractivity contribution in [3.8, 4) is 0 Å². The van der Waals surface area contributed by atoms with Crippen LogP contribution in [0.3, 0.4) is 0 Å². The molecule has 3 fully saturated rings. The first kappa shape index (κ1) is 19.2. The smallest absolute Gasteiger partial charge is 0.409 e. The molecular weight excluding hydrogens is 362 g/mol. The average molecular weight is 391 g/mol. The summed E-state index contributed by atoms with van der Waals surface area (Å²) in [5.74, 6) is 0.417. The minimum atomic E-state index is -0.448. The van der Waals surface area contributed by atoms with Gasteiger partial charge in [0.25, 0.3) is 0 Å². The lowest BCUT2D eigenvalue weighted by atomic mass is 9.79. The third-order valence-electron chi connectivity index (χ3n) is 6.17. The number of ether oxygens (including phenoxy) is 2. The van der Waals surface area contributed by atoms with Crippen LogP contribution in [0.25, 0.3) is 0 Å². The van der Waals surface area contributed by atoms with E-state index in [1.54, 1.807) is 18.0 Å². The molecule has 9 heteroatoms. The number of carbonyl (C=O) groups excluding carboxylic acids is 2. The molecule has 9 nitrogen and oxygen atoms in total. The van der Waals surface area contributed by atoms with Gasteiger partial charge in [0.15, 0.2) is 0 Å². The Morgan fingerprint density at radius 2 is 2.00 bits per heavy atom. The molecule has 3 saturated heterocycles. The molecule has 1 aromatic rings. The Labute approximate surface area is 165 Å². The number of fused-ring (bicyclic) bond motifs is 1. The SMILES string of the molecule is CCOC(=O)N1CCN(C(=O)[C@]23COC[C@H]2CN(CCn2cccn2)C3)CC1. The second kappa shape index (κ2) is 8.08. The number of nitrogens with zero attached hydrogens (tertiary/aromatic N) is 5. The van der Waals surface area contributed by atoms with Gasteiger partial charge in [-0.1, -0.05) is 0 Å². The molecule has 4 rings (SSSR count). The quantitative estimate of drug-likeness (QED) is 0.710. The first-order valence-electron chi connectivity index (χ1n) is 10.1. The second-order valence-corrected chi connectivity index (χ2v) is 7.85. The van der Waals surface area contributed by atoms with E-state index in [2.05, 4.69) is 10.00 Å². The normalized spacial score (nSPS) is 27.8. The molecule has 2 amide bonds. The van der Waals surface area contributed by atoms with Crippen molar-refractivity contribution in [3.63, 3.8) is 0 Å². The van der Waals surface area contributed by atoms with Crippen LogP contribution in [0.2, 0.25) is 0 Å². The summed E-state index contributed by atoms with van der Waals surface area (Å²) in [6, 6.07) is 1.92. The first-order chi connectivity index (χ1) is 13.6. The fourth-order valence-corrected chi connectivity index (χ4v) is 4.61. The monoisotopic (exact) mass is 391 g/mol. The zero-order chi connectivity index (χ0) is 19.6. The van der Waals surface area contributed by atoms with Crippen molar-refractivity contribution in [3.05, 3.63) is 18.5 Å². The summed E-state index contributed by atoms with van der Waals surface area (Å²) in [5.41, 5.74) is -0.448. The Morgan fingerprint density at radius 3 is 2.71 bits per heavy atom. The van der Waals surface area contributed by atoms with Crippen molar-refractivity contribution in [2.75, 3.05) is 65.6 Å². The van der Waals surface area contributed by atoms with Crippen molar-refractivity contribution >= 4 is 12.0 Å². The molecule has 3 aliphatic rings. The highest BCUT2D eigenvalue weighted by molar-refractivity contribution is 5.84. The highest BCUT2D eigenvalue weighted by atomic mass is 16.6. The molecule has 4 heterocycles. The topological polar surface area (TPSA) is 80.1 Å². The van der Waals surface area contributed by atoms with Crippen molar-refractivity contribution in [1.82, 2.24) is 24.5 Å². The maximum atomic E-state index is 13.5. The van der Waals surface area contributed by atoms with Crippen LogP contribution in [-0.4, -0.2) is 102 Å². The van der Waals surface area contributed by atoms with Crippen molar-refractivity contribution in [1.29, 1.82) is 0 Å². The fourth-order valence-electron chi connectivity index (χ4n) is 4.61. The van der Waals surface area contributed by atoms with E-state index in [1.165, 1.54) is 0 Å². The number of hydrogen-bond acceptors (Lipinski definition) is 6. The minimum absolute atomic E-state index is 0.181. The number of carbonyl (C=O) groups is 2. The van der Waals surface area contributed by atoms with Gasteiger partial charge >= 0.3 is 6.09 Å². The van der Waals surface area contributed by atoms with Gasteiger partial charge in [-0.25, -0.2) is 4.79 Å². The molecule has 0 N–H and O–H groups in total. The molecule has 154 valence electrons. The summed E-state index contributed by atoms with van der Waals surface area (Å²) in [4.78, 5) is 31.3. The lowest BCUT2D eigenvalue weighted by Gasteiger charge is -2.38. The number of piperazine rings is 1. The van der Waals surface area contributed by atoms with E-state index in [1.807, 2.05) is 21.8 Å². The summed E-state index contributed by atoms with van der Waals surface area (Å²) in [6.45, 7) is 8.78. The summed E-state index contributed by atoms with van der Waals surface area (Å²) in [5, 5.41) is 4.26. The van der Waals surface area contributed by atoms with E-state index in [0.29, 0.717) is 46.0 Å². The largest absolute Gasteiger partial charge is 0.450 e. The van der Waals surface area contributed by atoms with Crippen LogP contribution < -0.4 is 0 Å². The van der Waals surface area contributed by atoms with Crippen LogP contribution in [0.1, 0.15) is 6.92 Å². The van der Waals surface area contributed by atoms with Gasteiger partial charge in [-0.15, -0.1) is 0 Å². The summed E-state index contributed by atoms with van der Waals surface area (Å²) < 4.78 is 12.7. The third kappa shape index (κ3) is 3.60. The van der Waals surface area contributed by atoms with E-state index in [-0.39, 0.29) is 17.9 Å². The molecule has 0 unspecified atom stereocenters. The van der Waals surface area contributed by atoms with Crippen LogP contribution in [0.5, 0.6) is 0 Å². The number of hydrogen-bond donors (Lipinski definition) is 0. The fraction of sp³-hybridized carbons (Fsp3) is 0.737. The molecule has 3 aliphatic heterocycles. The van der Waals surface area contributed by atoms with Gasteiger partial charge in [0.1, 0.15) is 0 Å². The number of amides is 2. The standard InChI is InChI=1S/C19H29N5O4/c1-2-28-18(26)23-9-7-22(8-10-23)17(25)19-14-21(12-16(19)13-27-15-19)6-11-24-5-3-4-20-24/h3-5,16H,2,6-15H2,1H3/t16-,19-/m1/s1. The van der Waals surface area contributed by atoms with Gasteiger partial charge in [0.2, 0.25) is 5.91 Å². The van der Waals surface area contributed by atoms with Gasteiger partial charge in [-0.2, -0.15) is 5.10 Å². The zero-order valence-electron chi connectivity index (χ0n) is 16.5. The molecule has 2 atom stereocenters. The van der Waals surface area contributed by atoms with Crippen LogP contribution in [-0.2, 0) is 20.8 Å². The van der Waals surface area contributed by atoms with Gasteiger partial charge in [0.05, 0.1) is 31.8 Å². The van der Waals surface area contributed by atoms with Crippen molar-refractivity contribution in [2.45, 2.75) is 13.5 Å². The maximum Gasteiger partial charge on any atom is 0.409 e. The van der Waals surface area contributed by atoms with Crippen LogP contribution in [0, 0.1) is 11.3 Å². The Bertz CT molecular complexity index is 689. The van der Waals surface area contributed by atoms with Crippen molar-refractivity contribution < 1.29 is 19.1 Å². The first-order valence-corrected chi connectivity index (χ1v) is 10.1. The minimum Gasteiger partial charge on any atom is -0.450 e. The molecule has 0 saturated carbocycles. The summed E-state index contributed by atoms with van der Waals surface area (Å²) in [7, 11) is 0. The highest BCUT2D eigenvalue weighted by Crippen LogP contribution is 2.42. The predicted octanol–water partition coefficient (Wildman–Crippen LogP) is 0.132. The molecule has 0 aromatic carbocycles. The molecule has 0 aliphatic carbocycles. The lowest BCUT2D eigenvalue weighted by Crippen LogP contribution is -2.56. The van der Waals surface area contributed by atoms with Crippen molar-refractivity contribution in [2.24, 2.45) is 11.3 Å². The van der Waals surface area contributed by atoms with Gasteiger partial charge in [0, 0.05) is 64.1 Å². The molecule has 28 heavy (non-hydrogen) atoms. The summed E-state index contributed by atoms with van der Waals surface area (Å²) in [6.07, 6.45) is 3.46. The molecule has 0 bridgehead atoms. The predicted molar refractivity (Wildman–Crippen MR) is 101 cm³/mol. The van der Waals surface area contributed by atoms with Crippen LogP contribution >= 0.6 is 0 Å². The zero-order valence-corrected chi connectivity index (χ0v) is 16.5. The van der Waals surface area contributed by atoms with E-state index in [0.717, 1.165) is 26.2 Å². The molecule has 0 spiro atoms. The number of rotatable bonds is 5. The molecular formula is C19H29N5O4. The Hall–Kier alpha value is -2.13. The van der Waals surface area contributed by atoms with Crippen LogP contribution in [0.4, 0.5) is 4.79 Å². The summed E-state index contributed by atoms with van der Waals surface area (Å²) >= 11 is 0. The van der Waals surface area contributed by atoms with Crippen LogP contribution in [0.15, 0.2) is 18.5 Å². The number of aromatic nitrogens is 2. The Morgan fingerprint density at radius 1 is 1.21 bits per heavy atom. The van der Waals surface area contributed by atoms with E-state index >= 15 is 0 Å². The van der Waals surface area contributed by atoms with Gasteiger partial charge in [-0.05, 0) is 13.0 Å². The Balaban J connectivity index is 1.35. The van der Waals surface area contributed by atoms with E-state index in [9.17, 15) is 9.59 Å². The van der Waals surface area contributed by atoms with Gasteiger partial charge < -0.3 is 19.3 Å². The van der Waals surface area contributed by atoms with E-state index < -0.39 is 5.41 Å². The number of likely N-dealkylation sites (tertiary alicyclic amines) is 1. The lowest BCUT2D eigenvalue weighted by molar-refractivity contribution is -0.144. The van der Waals surface area contributed by atoms with E-state index in [4.69, 9.17) is 9.47 Å². The average Bonchev–Trinajstić information content (AvgIpc) is 3.42. The maximum absolute atomic E-state index is 13.5. The van der Waals surface area contributed by atoms with Gasteiger partial charge in [-0.3, -0.25) is 14.4 Å². The molecule has 1 aromatic heterocycles. The second-order valence-electron chi connectivity index (χ2n) is 7.85. The Kier molecular flexibility index (Phi) is 5.54. The molecule has 0 radical (unpaired) electrons.